The van der Waals surface area contributed by atoms with Gasteiger partial charge in [0.2, 0.25) is 0 Å². The van der Waals surface area contributed by atoms with Crippen molar-refractivity contribution in [2.75, 3.05) is 26.4 Å². The first-order valence-electron chi connectivity index (χ1n) is 5.52. The summed E-state index contributed by atoms with van der Waals surface area (Å²) in [5, 5.41) is 0. The fourth-order valence-corrected chi connectivity index (χ4v) is 0.974. The number of alkyl halides is 1. The van der Waals surface area contributed by atoms with Crippen LogP contribution in [0.2, 0.25) is 0 Å². The second-order valence-corrected chi connectivity index (χ2v) is 3.97. The van der Waals surface area contributed by atoms with Crippen molar-refractivity contribution in [2.45, 2.75) is 38.8 Å². The molecule has 0 rings (SSSR count). The zero-order valence-corrected chi connectivity index (χ0v) is 12.2. The first-order chi connectivity index (χ1) is 7.62. The summed E-state index contributed by atoms with van der Waals surface area (Å²) in [7, 11) is 0. The molecule has 0 aliphatic rings. The number of carbonyl (C=O) groups is 1. The highest BCUT2D eigenvalue weighted by atomic mass is 79.9. The van der Waals surface area contributed by atoms with Crippen LogP contribution in [0.15, 0.2) is 0 Å². The zero-order chi connectivity index (χ0) is 12.8. The van der Waals surface area contributed by atoms with Gasteiger partial charge < -0.3 is 19.0 Å². The number of carbonyl (C=O) groups excluding carboxylic acids is 1. The Bertz CT molecular complexity index is 138. The van der Waals surface area contributed by atoms with Gasteiger partial charge in [0.15, 0.2) is 6.29 Å². The first kappa shape index (κ1) is 18.4. The summed E-state index contributed by atoms with van der Waals surface area (Å²) in [6.07, 6.45) is 0.778. The first-order valence-corrected chi connectivity index (χ1v) is 6.44. The second kappa shape index (κ2) is 15.0. The average molecular weight is 299 g/mol. The molecule has 98 valence electrons. The summed E-state index contributed by atoms with van der Waals surface area (Å²) >= 11 is 3.08. The van der Waals surface area contributed by atoms with E-state index in [2.05, 4.69) is 15.9 Å². The highest BCUT2D eigenvalue weighted by Gasteiger charge is 1.98. The second-order valence-electron chi connectivity index (χ2n) is 2.79. The number of rotatable bonds is 8. The molecule has 0 saturated carbocycles. The minimum absolute atomic E-state index is 0.0370. The van der Waals surface area contributed by atoms with Crippen LogP contribution in [0.1, 0.15) is 27.7 Å². The summed E-state index contributed by atoms with van der Waals surface area (Å²) in [5.41, 5.74) is 0. The highest BCUT2D eigenvalue weighted by Crippen LogP contribution is 1.94. The van der Waals surface area contributed by atoms with Gasteiger partial charge in [0, 0.05) is 19.8 Å². The van der Waals surface area contributed by atoms with Gasteiger partial charge in [0.1, 0.15) is 6.29 Å². The lowest BCUT2D eigenvalue weighted by atomic mass is 10.5. The third-order valence-electron chi connectivity index (χ3n) is 1.43. The van der Waals surface area contributed by atoms with E-state index in [-0.39, 0.29) is 11.1 Å². The number of hydrogen-bond donors (Lipinski definition) is 0. The quantitative estimate of drug-likeness (QED) is 0.392. The molecule has 0 aromatic heterocycles. The van der Waals surface area contributed by atoms with Gasteiger partial charge in [-0.1, -0.05) is 15.9 Å². The highest BCUT2D eigenvalue weighted by molar-refractivity contribution is 9.10. The zero-order valence-electron chi connectivity index (χ0n) is 10.6. The maximum absolute atomic E-state index is 9.88. The molecule has 0 aromatic rings. The molecule has 0 radical (unpaired) electrons. The topological polar surface area (TPSA) is 44.8 Å². The Morgan fingerprint density at radius 2 is 1.62 bits per heavy atom. The van der Waals surface area contributed by atoms with E-state index in [1.54, 1.807) is 0 Å². The fourth-order valence-electron chi connectivity index (χ4n) is 0.787. The van der Waals surface area contributed by atoms with Crippen molar-refractivity contribution in [2.24, 2.45) is 0 Å². The predicted octanol–water partition coefficient (Wildman–Crippen LogP) is 2.39. The minimum Gasteiger partial charge on any atom is -0.380 e. The third kappa shape index (κ3) is 16.5. The van der Waals surface area contributed by atoms with E-state index >= 15 is 0 Å². The Morgan fingerprint density at radius 3 is 1.94 bits per heavy atom. The molecule has 0 aliphatic carbocycles. The molecule has 0 fully saturated rings. The van der Waals surface area contributed by atoms with Crippen molar-refractivity contribution < 1.29 is 19.0 Å². The molecule has 0 aliphatic heterocycles. The van der Waals surface area contributed by atoms with Gasteiger partial charge in [-0.3, -0.25) is 0 Å². The van der Waals surface area contributed by atoms with Gasteiger partial charge in [-0.15, -0.1) is 0 Å². The van der Waals surface area contributed by atoms with Crippen LogP contribution >= 0.6 is 15.9 Å². The molecule has 16 heavy (non-hydrogen) atoms. The van der Waals surface area contributed by atoms with E-state index in [1.165, 1.54) is 0 Å². The maximum atomic E-state index is 9.88. The van der Waals surface area contributed by atoms with Crippen LogP contribution in [0.4, 0.5) is 0 Å². The Hall–Kier alpha value is 0.0300. The largest absolute Gasteiger partial charge is 0.380 e. The van der Waals surface area contributed by atoms with Crippen LogP contribution in [0.25, 0.3) is 0 Å². The van der Waals surface area contributed by atoms with Crippen LogP contribution in [-0.4, -0.2) is 43.8 Å². The fraction of sp³-hybridized carbons (Fsp3) is 0.909. The van der Waals surface area contributed by atoms with Crippen LogP contribution in [0.5, 0.6) is 0 Å². The SMILES string of the molecule is CCOC(C)OCC.CCOCC(Br)C=O. The minimum atomic E-state index is -0.137. The Labute approximate surface area is 107 Å². The molecule has 0 saturated heterocycles. The van der Waals surface area contributed by atoms with E-state index in [0.717, 1.165) is 19.5 Å². The Balaban J connectivity index is 0. The molecular formula is C11H23BrO4. The van der Waals surface area contributed by atoms with Crippen molar-refractivity contribution in [1.29, 1.82) is 0 Å². The molecule has 0 aromatic carbocycles. The van der Waals surface area contributed by atoms with Crippen LogP contribution < -0.4 is 0 Å². The maximum Gasteiger partial charge on any atom is 0.154 e. The predicted molar refractivity (Wildman–Crippen MR) is 68.0 cm³/mol. The van der Waals surface area contributed by atoms with Crippen molar-refractivity contribution in [3.8, 4) is 0 Å². The van der Waals surface area contributed by atoms with E-state index in [4.69, 9.17) is 14.2 Å². The van der Waals surface area contributed by atoms with E-state index in [1.807, 2.05) is 27.7 Å². The third-order valence-corrected chi connectivity index (χ3v) is 1.91. The van der Waals surface area contributed by atoms with Crippen molar-refractivity contribution in [3.05, 3.63) is 0 Å². The number of halogens is 1. The summed E-state index contributed by atoms with van der Waals surface area (Å²) < 4.78 is 15.0. The van der Waals surface area contributed by atoms with E-state index in [9.17, 15) is 4.79 Å². The summed E-state index contributed by atoms with van der Waals surface area (Å²) in [6, 6.07) is 0. The molecular weight excluding hydrogens is 276 g/mol. The van der Waals surface area contributed by atoms with Gasteiger partial charge in [-0.05, 0) is 27.7 Å². The van der Waals surface area contributed by atoms with Crippen LogP contribution in [0.3, 0.4) is 0 Å². The van der Waals surface area contributed by atoms with Gasteiger partial charge >= 0.3 is 0 Å². The van der Waals surface area contributed by atoms with Crippen LogP contribution in [-0.2, 0) is 19.0 Å². The molecule has 0 heterocycles. The molecule has 0 amide bonds. The molecule has 1 atom stereocenters. The Kier molecular flexibility index (Phi) is 17.3. The number of ether oxygens (including phenoxy) is 3. The Morgan fingerprint density at radius 1 is 1.12 bits per heavy atom. The average Bonchev–Trinajstić information content (AvgIpc) is 2.27. The lowest BCUT2D eigenvalue weighted by Crippen LogP contribution is -2.11. The number of hydrogen-bond acceptors (Lipinski definition) is 4. The monoisotopic (exact) mass is 298 g/mol. The molecule has 1 unspecified atom stereocenters. The van der Waals surface area contributed by atoms with E-state index < -0.39 is 0 Å². The van der Waals surface area contributed by atoms with Crippen molar-refractivity contribution >= 4 is 22.2 Å². The summed E-state index contributed by atoms with van der Waals surface area (Å²) in [5.74, 6) is 0. The lowest BCUT2D eigenvalue weighted by Gasteiger charge is -2.09. The summed E-state index contributed by atoms with van der Waals surface area (Å²) in [6.45, 7) is 10.3. The van der Waals surface area contributed by atoms with Crippen LogP contribution in [0, 0.1) is 0 Å². The van der Waals surface area contributed by atoms with Crippen molar-refractivity contribution in [1.82, 2.24) is 0 Å². The standard InChI is InChI=1S/C6H14O2.C5H9BrO2/c1-4-7-6(3)8-5-2;1-2-8-4-5(6)3-7/h6H,4-5H2,1-3H3;3,5H,2,4H2,1H3. The molecule has 5 heteroatoms. The summed E-state index contributed by atoms with van der Waals surface area (Å²) in [4.78, 5) is 9.75. The number of aldehydes is 1. The van der Waals surface area contributed by atoms with Gasteiger partial charge in [-0.25, -0.2) is 0 Å². The molecule has 0 bridgehead atoms. The normalized spacial score (nSPS) is 11.9. The van der Waals surface area contributed by atoms with E-state index in [0.29, 0.717) is 13.2 Å². The molecule has 0 spiro atoms. The van der Waals surface area contributed by atoms with Crippen molar-refractivity contribution in [3.63, 3.8) is 0 Å². The lowest BCUT2D eigenvalue weighted by molar-refractivity contribution is -0.123. The molecule has 0 N–H and O–H groups in total. The van der Waals surface area contributed by atoms with Gasteiger partial charge in [0.05, 0.1) is 11.4 Å². The van der Waals surface area contributed by atoms with Gasteiger partial charge in [-0.2, -0.15) is 0 Å². The van der Waals surface area contributed by atoms with Gasteiger partial charge in [0.25, 0.3) is 0 Å². The smallest absolute Gasteiger partial charge is 0.154 e. The molecule has 4 nitrogen and oxygen atoms in total.